The normalized spacial score (nSPS) is 35.5. The molecule has 0 radical (unpaired) electrons. The van der Waals surface area contributed by atoms with E-state index >= 15 is 0 Å². The number of amides is 1. The van der Waals surface area contributed by atoms with Gasteiger partial charge in [0.15, 0.2) is 0 Å². The Kier molecular flexibility index (Phi) is 3.36. The zero-order valence-electron chi connectivity index (χ0n) is 13.3. The number of rotatable bonds is 3. The molecule has 0 unspecified atom stereocenters. The molecule has 5 heteroatoms. The van der Waals surface area contributed by atoms with Crippen molar-refractivity contribution >= 4 is 22.4 Å². The number of aromatic nitrogens is 2. The van der Waals surface area contributed by atoms with Gasteiger partial charge in [0.2, 0.25) is 11.0 Å². The fourth-order valence-corrected chi connectivity index (χ4v) is 6.23. The van der Waals surface area contributed by atoms with Crippen molar-refractivity contribution in [3.8, 4) is 0 Å². The quantitative estimate of drug-likeness (QED) is 0.860. The third kappa shape index (κ3) is 2.49. The Hall–Kier alpha value is -1.23. The number of hydrogen-bond acceptors (Lipinski definition) is 4. The summed E-state index contributed by atoms with van der Waals surface area (Å²) in [5.74, 6) is 2.60. The fourth-order valence-electron chi connectivity index (χ4n) is 5.26. The molecule has 0 aromatic carbocycles. The van der Waals surface area contributed by atoms with Crippen LogP contribution in [0, 0.1) is 17.8 Å². The summed E-state index contributed by atoms with van der Waals surface area (Å²) in [7, 11) is 0. The first-order chi connectivity index (χ1) is 10.5. The summed E-state index contributed by atoms with van der Waals surface area (Å²) in [5, 5.41) is 13.4. The van der Waals surface area contributed by atoms with E-state index in [1.54, 1.807) is 17.4 Å². The Morgan fingerprint density at radius 3 is 2.27 bits per heavy atom. The van der Waals surface area contributed by atoms with E-state index in [4.69, 9.17) is 0 Å². The average molecular weight is 317 g/mol. The van der Waals surface area contributed by atoms with Crippen LogP contribution in [0.4, 0.5) is 5.13 Å². The molecular weight excluding hydrogens is 294 g/mol. The highest BCUT2D eigenvalue weighted by Gasteiger charge is 2.53. The van der Waals surface area contributed by atoms with Crippen LogP contribution < -0.4 is 5.32 Å². The van der Waals surface area contributed by atoms with E-state index in [9.17, 15) is 4.79 Å². The molecule has 4 bridgehead atoms. The zero-order chi connectivity index (χ0) is 15.3. The lowest BCUT2D eigenvalue weighted by molar-refractivity contribution is -0.111. The molecule has 22 heavy (non-hydrogen) atoms. The second-order valence-corrected chi connectivity index (χ2v) is 8.80. The molecule has 0 aliphatic heterocycles. The molecule has 1 aromatic rings. The number of nitrogens with zero attached hydrogens (tertiary/aromatic N) is 2. The topological polar surface area (TPSA) is 54.9 Å². The number of anilines is 1. The van der Waals surface area contributed by atoms with Crippen LogP contribution in [0.25, 0.3) is 0 Å². The van der Waals surface area contributed by atoms with Crippen molar-refractivity contribution in [2.24, 2.45) is 17.8 Å². The third-order valence-electron chi connectivity index (χ3n) is 5.57. The van der Waals surface area contributed by atoms with E-state index in [2.05, 4.69) is 15.5 Å². The van der Waals surface area contributed by atoms with Gasteiger partial charge in [-0.15, -0.1) is 10.2 Å². The number of hydrogen-bond donors (Lipinski definition) is 1. The van der Waals surface area contributed by atoms with Crippen molar-refractivity contribution in [1.82, 2.24) is 10.2 Å². The highest BCUT2D eigenvalue weighted by Crippen LogP contribution is 2.61. The predicted molar refractivity (Wildman–Crippen MR) is 87.8 cm³/mol. The minimum absolute atomic E-state index is 0.104. The largest absolute Gasteiger partial charge is 0.297 e. The first-order valence-corrected chi connectivity index (χ1v) is 9.14. The molecule has 4 aliphatic rings. The number of nitrogens with one attached hydrogen (secondary N) is 1. The molecule has 0 spiro atoms. The molecule has 0 atom stereocenters. The van der Waals surface area contributed by atoms with Crippen LogP contribution in [0.2, 0.25) is 0 Å². The highest BCUT2D eigenvalue weighted by molar-refractivity contribution is 7.15. The summed E-state index contributed by atoms with van der Waals surface area (Å²) in [6.45, 7) is 3.83. The number of carbonyl (C=O) groups is 1. The van der Waals surface area contributed by atoms with Crippen molar-refractivity contribution in [2.45, 2.75) is 57.8 Å². The van der Waals surface area contributed by atoms with Gasteiger partial charge in [0.05, 0.1) is 0 Å². The first kappa shape index (κ1) is 14.4. The van der Waals surface area contributed by atoms with Crippen LogP contribution in [0.5, 0.6) is 0 Å². The Balaban J connectivity index is 1.54. The lowest BCUT2D eigenvalue weighted by Gasteiger charge is -2.55. The maximum absolute atomic E-state index is 11.8. The summed E-state index contributed by atoms with van der Waals surface area (Å²) in [6, 6.07) is 0. The lowest BCUT2D eigenvalue weighted by atomic mass is 9.50. The van der Waals surface area contributed by atoms with Crippen molar-refractivity contribution in [2.75, 3.05) is 5.32 Å². The molecule has 4 nitrogen and oxygen atoms in total. The van der Waals surface area contributed by atoms with Gasteiger partial charge in [-0.25, -0.2) is 0 Å². The van der Waals surface area contributed by atoms with E-state index in [1.165, 1.54) is 43.5 Å². The molecule has 4 saturated carbocycles. The highest BCUT2D eigenvalue weighted by atomic mass is 32.1. The fraction of sp³-hybridized carbons (Fsp3) is 0.706. The first-order valence-electron chi connectivity index (χ1n) is 8.32. The standard InChI is InChI=1S/C17H23N3OS/c1-10(2)3-14(21)18-16-20-19-15(22-16)17-7-11-4-12(8-17)6-13(5-11)9-17/h3,11-13H,4-9H2,1-2H3,(H,18,20,21). The van der Waals surface area contributed by atoms with Crippen LogP contribution in [0.15, 0.2) is 11.6 Å². The Morgan fingerprint density at radius 2 is 1.73 bits per heavy atom. The van der Waals surface area contributed by atoms with E-state index in [1.807, 2.05) is 13.8 Å². The summed E-state index contributed by atoms with van der Waals surface area (Å²) in [6.07, 6.45) is 9.76. The smallest absolute Gasteiger partial charge is 0.250 e. The van der Waals surface area contributed by atoms with Crippen molar-refractivity contribution < 1.29 is 4.79 Å². The van der Waals surface area contributed by atoms with E-state index < -0.39 is 0 Å². The Morgan fingerprint density at radius 1 is 1.14 bits per heavy atom. The monoisotopic (exact) mass is 317 g/mol. The Bertz CT molecular complexity index is 594. The van der Waals surface area contributed by atoms with Gasteiger partial charge in [-0.05, 0) is 70.1 Å². The SMILES string of the molecule is CC(C)=CC(=O)Nc1nnc(C23CC4CC(CC(C4)C2)C3)s1. The van der Waals surface area contributed by atoms with Crippen LogP contribution in [0.3, 0.4) is 0 Å². The summed E-state index contributed by atoms with van der Waals surface area (Å²) in [4.78, 5) is 11.8. The van der Waals surface area contributed by atoms with Gasteiger partial charge in [-0.2, -0.15) is 0 Å². The molecule has 1 N–H and O–H groups in total. The molecule has 118 valence electrons. The van der Waals surface area contributed by atoms with Crippen molar-refractivity contribution in [1.29, 1.82) is 0 Å². The predicted octanol–water partition coefficient (Wildman–Crippen LogP) is 3.91. The van der Waals surface area contributed by atoms with E-state index in [0.717, 1.165) is 23.3 Å². The zero-order valence-corrected chi connectivity index (χ0v) is 14.1. The van der Waals surface area contributed by atoms with Crippen molar-refractivity contribution in [3.63, 3.8) is 0 Å². The maximum Gasteiger partial charge on any atom is 0.250 e. The van der Waals surface area contributed by atoms with Gasteiger partial charge < -0.3 is 0 Å². The molecule has 4 fully saturated rings. The molecule has 5 rings (SSSR count). The lowest BCUT2D eigenvalue weighted by Crippen LogP contribution is -2.48. The van der Waals surface area contributed by atoms with Gasteiger partial charge in [0.25, 0.3) is 0 Å². The van der Waals surface area contributed by atoms with Crippen LogP contribution >= 0.6 is 11.3 Å². The van der Waals surface area contributed by atoms with Gasteiger partial charge in [-0.3, -0.25) is 10.1 Å². The number of carbonyl (C=O) groups excluding carboxylic acids is 1. The molecule has 4 aliphatic carbocycles. The van der Waals surface area contributed by atoms with Crippen molar-refractivity contribution in [3.05, 3.63) is 16.7 Å². The third-order valence-corrected chi connectivity index (χ3v) is 6.65. The van der Waals surface area contributed by atoms with Crippen LogP contribution in [-0.4, -0.2) is 16.1 Å². The summed E-state index contributed by atoms with van der Waals surface area (Å²) in [5.41, 5.74) is 1.26. The molecule has 0 saturated heterocycles. The second kappa shape index (κ2) is 5.15. The van der Waals surface area contributed by atoms with Gasteiger partial charge in [0.1, 0.15) is 5.01 Å². The molecule has 1 heterocycles. The van der Waals surface area contributed by atoms with Crippen LogP contribution in [0.1, 0.15) is 57.4 Å². The van der Waals surface area contributed by atoms with Gasteiger partial charge in [-0.1, -0.05) is 16.9 Å². The van der Waals surface area contributed by atoms with Gasteiger partial charge >= 0.3 is 0 Å². The molecule has 1 aromatic heterocycles. The number of allylic oxidation sites excluding steroid dienone is 1. The Labute approximate surface area is 135 Å². The minimum Gasteiger partial charge on any atom is -0.297 e. The summed E-state index contributed by atoms with van der Waals surface area (Å²) < 4.78 is 0. The van der Waals surface area contributed by atoms with E-state index in [-0.39, 0.29) is 11.3 Å². The van der Waals surface area contributed by atoms with E-state index in [0.29, 0.717) is 5.13 Å². The molecular formula is C17H23N3OS. The van der Waals surface area contributed by atoms with Crippen LogP contribution in [-0.2, 0) is 10.2 Å². The molecule has 1 amide bonds. The minimum atomic E-state index is -0.104. The second-order valence-electron chi connectivity index (χ2n) is 7.82. The summed E-state index contributed by atoms with van der Waals surface area (Å²) >= 11 is 1.59. The average Bonchev–Trinajstić information content (AvgIpc) is 2.85. The van der Waals surface area contributed by atoms with Gasteiger partial charge in [0, 0.05) is 11.5 Å². The maximum atomic E-state index is 11.8.